The largest absolute Gasteiger partial charge is 0.359 e. The molecule has 10 heteroatoms. The fourth-order valence-corrected chi connectivity index (χ4v) is 4.50. The minimum atomic E-state index is -1.25. The average Bonchev–Trinajstić information content (AvgIpc) is 2.71. The summed E-state index contributed by atoms with van der Waals surface area (Å²) in [5, 5.41) is 3.21. The van der Waals surface area contributed by atoms with Crippen molar-refractivity contribution in [2.24, 2.45) is 5.92 Å². The topological polar surface area (TPSA) is 82.6 Å². The fraction of sp³-hybridized carbons (Fsp3) is 0.333. The van der Waals surface area contributed by atoms with E-state index in [-0.39, 0.29) is 48.6 Å². The summed E-state index contributed by atoms with van der Waals surface area (Å²) in [7, 11) is 1.52. The van der Waals surface area contributed by atoms with Crippen molar-refractivity contribution >= 4 is 46.7 Å². The Labute approximate surface area is 188 Å². The van der Waals surface area contributed by atoms with E-state index in [4.69, 9.17) is 23.2 Å². The second-order valence-corrected chi connectivity index (χ2v) is 8.58. The maximum Gasteiger partial charge on any atom is 0.254 e. The molecule has 2 fully saturated rings. The molecule has 1 aromatic heterocycles. The predicted molar refractivity (Wildman–Crippen MR) is 113 cm³/mol. The number of rotatable bonds is 4. The first-order valence-corrected chi connectivity index (χ1v) is 10.4. The van der Waals surface area contributed by atoms with Crippen LogP contribution in [-0.4, -0.2) is 46.7 Å². The third kappa shape index (κ3) is 3.74. The first-order chi connectivity index (χ1) is 14.7. The number of halogens is 3. The van der Waals surface area contributed by atoms with Crippen LogP contribution in [0.25, 0.3) is 0 Å². The van der Waals surface area contributed by atoms with Gasteiger partial charge in [0.2, 0.25) is 11.8 Å². The van der Waals surface area contributed by atoms with Gasteiger partial charge >= 0.3 is 0 Å². The summed E-state index contributed by atoms with van der Waals surface area (Å²) >= 11 is 11.7. The van der Waals surface area contributed by atoms with E-state index in [9.17, 15) is 18.8 Å². The molecule has 7 nitrogen and oxygen atoms in total. The van der Waals surface area contributed by atoms with Crippen LogP contribution in [0.2, 0.25) is 10.0 Å². The molecule has 1 spiro atoms. The Balaban J connectivity index is 1.69. The van der Waals surface area contributed by atoms with Gasteiger partial charge in [0.25, 0.3) is 5.91 Å². The zero-order chi connectivity index (χ0) is 22.3. The van der Waals surface area contributed by atoms with Gasteiger partial charge in [-0.25, -0.2) is 9.37 Å². The lowest BCUT2D eigenvalue weighted by atomic mass is 9.64. The fourth-order valence-electron chi connectivity index (χ4n) is 4.23. The van der Waals surface area contributed by atoms with E-state index in [1.165, 1.54) is 18.1 Å². The number of nitrogens with one attached hydrogen (secondary N) is 1. The van der Waals surface area contributed by atoms with Gasteiger partial charge in [-0.05, 0) is 36.6 Å². The van der Waals surface area contributed by atoms with Gasteiger partial charge in [0.05, 0.1) is 5.02 Å². The molecule has 1 saturated carbocycles. The van der Waals surface area contributed by atoms with Crippen LogP contribution in [0.3, 0.4) is 0 Å². The molecule has 2 heterocycles. The Kier molecular flexibility index (Phi) is 5.61. The standard InChI is InChI=1S/C21H19Cl2FN4O3/c1-25-19(30)13-7-21(8-13)20(31)27(18-16(24)6-15(23)9-26-18)11-17(29)28(21)10-12-2-4-14(22)5-3-12/h2-6,9,13H,7-8,10-11H2,1H3,(H,25,30). The van der Waals surface area contributed by atoms with Crippen LogP contribution in [0, 0.1) is 11.7 Å². The third-order valence-electron chi connectivity index (χ3n) is 5.84. The van der Waals surface area contributed by atoms with Crippen molar-refractivity contribution in [2.75, 3.05) is 18.5 Å². The van der Waals surface area contributed by atoms with E-state index in [2.05, 4.69) is 10.3 Å². The van der Waals surface area contributed by atoms with Gasteiger partial charge in [-0.15, -0.1) is 0 Å². The number of aromatic nitrogens is 1. The molecule has 2 aromatic rings. The van der Waals surface area contributed by atoms with Gasteiger partial charge in [-0.3, -0.25) is 19.3 Å². The quantitative estimate of drug-likeness (QED) is 0.753. The molecule has 0 unspecified atom stereocenters. The highest BCUT2D eigenvalue weighted by atomic mass is 35.5. The highest BCUT2D eigenvalue weighted by Crippen LogP contribution is 2.47. The highest BCUT2D eigenvalue weighted by Gasteiger charge is 2.61. The van der Waals surface area contributed by atoms with Crippen LogP contribution in [0.1, 0.15) is 18.4 Å². The second-order valence-electron chi connectivity index (χ2n) is 7.71. The summed E-state index contributed by atoms with van der Waals surface area (Å²) in [5.41, 5.74) is -0.461. The van der Waals surface area contributed by atoms with E-state index in [0.29, 0.717) is 5.02 Å². The molecule has 0 bridgehead atoms. The SMILES string of the molecule is CNC(=O)C1CC2(C1)C(=O)N(c1ncc(Cl)cc1F)CC(=O)N2Cc1ccc(Cl)cc1. The first kappa shape index (κ1) is 21.5. The molecule has 4 rings (SSSR count). The number of benzene rings is 1. The van der Waals surface area contributed by atoms with Gasteiger partial charge in [0, 0.05) is 30.7 Å². The lowest BCUT2D eigenvalue weighted by molar-refractivity contribution is -0.165. The van der Waals surface area contributed by atoms with Gasteiger partial charge in [0.1, 0.15) is 12.1 Å². The minimum absolute atomic E-state index is 0.0828. The smallest absolute Gasteiger partial charge is 0.254 e. The van der Waals surface area contributed by atoms with Crippen molar-refractivity contribution < 1.29 is 18.8 Å². The Bertz CT molecular complexity index is 1060. The molecule has 1 aromatic carbocycles. The number of anilines is 1. The van der Waals surface area contributed by atoms with E-state index in [1.807, 2.05) is 0 Å². The van der Waals surface area contributed by atoms with Crippen LogP contribution in [-0.2, 0) is 20.9 Å². The summed E-state index contributed by atoms with van der Waals surface area (Å²) in [6.07, 6.45) is 1.52. The monoisotopic (exact) mass is 464 g/mol. The maximum atomic E-state index is 14.5. The molecule has 2 aliphatic rings. The zero-order valence-corrected chi connectivity index (χ0v) is 18.1. The number of hydrogen-bond donors (Lipinski definition) is 1. The lowest BCUT2D eigenvalue weighted by Crippen LogP contribution is -2.73. The average molecular weight is 465 g/mol. The van der Waals surface area contributed by atoms with Gasteiger partial charge in [-0.2, -0.15) is 0 Å². The Morgan fingerprint density at radius 1 is 1.23 bits per heavy atom. The molecular weight excluding hydrogens is 446 g/mol. The third-order valence-corrected chi connectivity index (χ3v) is 6.30. The number of nitrogens with zero attached hydrogens (tertiary/aromatic N) is 3. The van der Waals surface area contributed by atoms with Crippen molar-refractivity contribution in [3.05, 3.63) is 58.0 Å². The summed E-state index contributed by atoms with van der Waals surface area (Å²) in [6.45, 7) is -0.184. The van der Waals surface area contributed by atoms with Crippen LogP contribution in [0.4, 0.5) is 10.2 Å². The van der Waals surface area contributed by atoms with Crippen molar-refractivity contribution in [1.82, 2.24) is 15.2 Å². The molecule has 162 valence electrons. The highest BCUT2D eigenvalue weighted by molar-refractivity contribution is 6.30. The van der Waals surface area contributed by atoms with Crippen molar-refractivity contribution in [2.45, 2.75) is 24.9 Å². The molecule has 3 amide bonds. The number of piperazine rings is 1. The van der Waals surface area contributed by atoms with Gasteiger partial charge < -0.3 is 10.2 Å². The van der Waals surface area contributed by atoms with E-state index >= 15 is 0 Å². The minimum Gasteiger partial charge on any atom is -0.359 e. The Morgan fingerprint density at radius 2 is 1.90 bits per heavy atom. The summed E-state index contributed by atoms with van der Waals surface area (Å²) in [6, 6.07) is 7.99. The molecule has 1 aliphatic heterocycles. The molecule has 1 saturated heterocycles. The Hall–Kier alpha value is -2.71. The first-order valence-electron chi connectivity index (χ1n) is 9.64. The molecular formula is C21H19Cl2FN4O3. The van der Waals surface area contributed by atoms with Crippen LogP contribution < -0.4 is 10.2 Å². The summed E-state index contributed by atoms with van der Waals surface area (Å²) < 4.78 is 14.5. The van der Waals surface area contributed by atoms with E-state index in [1.54, 1.807) is 24.3 Å². The van der Waals surface area contributed by atoms with Crippen molar-refractivity contribution in [1.29, 1.82) is 0 Å². The number of carbonyl (C=O) groups is 3. The van der Waals surface area contributed by atoms with Crippen LogP contribution in [0.15, 0.2) is 36.5 Å². The van der Waals surface area contributed by atoms with E-state index < -0.39 is 23.2 Å². The predicted octanol–water partition coefficient (Wildman–Crippen LogP) is 2.80. The molecule has 1 N–H and O–H groups in total. The second kappa shape index (κ2) is 8.09. The van der Waals surface area contributed by atoms with Gasteiger partial charge in [-0.1, -0.05) is 35.3 Å². The van der Waals surface area contributed by atoms with Crippen LogP contribution in [0.5, 0.6) is 0 Å². The zero-order valence-electron chi connectivity index (χ0n) is 16.6. The normalized spacial score (nSPS) is 23.2. The van der Waals surface area contributed by atoms with Crippen molar-refractivity contribution in [3.8, 4) is 0 Å². The number of amides is 3. The molecule has 0 atom stereocenters. The van der Waals surface area contributed by atoms with Crippen LogP contribution >= 0.6 is 23.2 Å². The summed E-state index contributed by atoms with van der Waals surface area (Å²) in [4.78, 5) is 45.3. The van der Waals surface area contributed by atoms with Crippen molar-refractivity contribution in [3.63, 3.8) is 0 Å². The molecule has 31 heavy (non-hydrogen) atoms. The number of hydrogen-bond acceptors (Lipinski definition) is 4. The molecule has 1 aliphatic carbocycles. The maximum absolute atomic E-state index is 14.5. The van der Waals surface area contributed by atoms with E-state index in [0.717, 1.165) is 16.5 Å². The van der Waals surface area contributed by atoms with Gasteiger partial charge in [0.15, 0.2) is 11.6 Å². The number of pyridine rings is 1. The Morgan fingerprint density at radius 3 is 2.52 bits per heavy atom. The molecule has 0 radical (unpaired) electrons. The summed E-state index contributed by atoms with van der Waals surface area (Å²) in [5.74, 6) is -2.49. The number of carbonyl (C=O) groups excluding carboxylic acids is 3. The lowest BCUT2D eigenvalue weighted by Gasteiger charge is -2.56.